The third-order valence-corrected chi connectivity index (χ3v) is 6.19. The van der Waals surface area contributed by atoms with E-state index in [0.29, 0.717) is 17.0 Å². The van der Waals surface area contributed by atoms with Crippen LogP contribution in [0.4, 0.5) is 5.69 Å². The van der Waals surface area contributed by atoms with E-state index in [2.05, 4.69) is 26.5 Å². The predicted molar refractivity (Wildman–Crippen MR) is 128 cm³/mol. The van der Waals surface area contributed by atoms with E-state index < -0.39 is 10.0 Å². The molecule has 3 rings (SSSR count). The van der Waals surface area contributed by atoms with Gasteiger partial charge in [-0.25, -0.2) is 13.8 Å². The summed E-state index contributed by atoms with van der Waals surface area (Å²) in [5.41, 5.74) is 5.91. The average Bonchev–Trinajstić information content (AvgIpc) is 2.75. The van der Waals surface area contributed by atoms with Crippen LogP contribution in [0.1, 0.15) is 28.4 Å². The molecular formula is C23H22BrN3O3S. The molecule has 0 atom stereocenters. The number of halogens is 1. The Morgan fingerprint density at radius 3 is 2.26 bits per heavy atom. The summed E-state index contributed by atoms with van der Waals surface area (Å²) in [7, 11) is -3.46. The van der Waals surface area contributed by atoms with Crippen molar-refractivity contribution in [3.05, 3.63) is 100 Å². The van der Waals surface area contributed by atoms with Crippen molar-refractivity contribution in [1.29, 1.82) is 0 Å². The third-order valence-electron chi connectivity index (χ3n) is 4.55. The van der Waals surface area contributed by atoms with Gasteiger partial charge in [-0.15, -0.1) is 0 Å². The Morgan fingerprint density at radius 1 is 0.968 bits per heavy atom. The summed E-state index contributed by atoms with van der Waals surface area (Å²) in [5, 5.41) is 4.16. The van der Waals surface area contributed by atoms with Gasteiger partial charge in [0.1, 0.15) is 0 Å². The highest BCUT2D eigenvalue weighted by atomic mass is 79.9. The summed E-state index contributed by atoms with van der Waals surface area (Å²) in [6, 6.07) is 23.3. The van der Waals surface area contributed by atoms with Gasteiger partial charge in [-0.2, -0.15) is 5.10 Å². The zero-order valence-electron chi connectivity index (χ0n) is 17.1. The van der Waals surface area contributed by atoms with Crippen LogP contribution >= 0.6 is 15.9 Å². The van der Waals surface area contributed by atoms with Crippen LogP contribution in [-0.4, -0.2) is 26.3 Å². The van der Waals surface area contributed by atoms with Gasteiger partial charge >= 0.3 is 0 Å². The van der Waals surface area contributed by atoms with Crippen molar-refractivity contribution in [3.63, 3.8) is 0 Å². The van der Waals surface area contributed by atoms with Crippen LogP contribution in [0.25, 0.3) is 0 Å². The minimum Gasteiger partial charge on any atom is -0.267 e. The van der Waals surface area contributed by atoms with Crippen LogP contribution in [0.3, 0.4) is 0 Å². The van der Waals surface area contributed by atoms with Crippen molar-refractivity contribution in [1.82, 2.24) is 5.43 Å². The summed E-state index contributed by atoms with van der Waals surface area (Å²) in [6.07, 6.45) is 1.17. The quantitative estimate of drug-likeness (QED) is 0.382. The van der Waals surface area contributed by atoms with E-state index >= 15 is 0 Å². The van der Waals surface area contributed by atoms with Gasteiger partial charge in [-0.3, -0.25) is 9.10 Å². The van der Waals surface area contributed by atoms with Crippen molar-refractivity contribution in [2.45, 2.75) is 13.5 Å². The van der Waals surface area contributed by atoms with Crippen LogP contribution in [-0.2, 0) is 16.6 Å². The number of rotatable bonds is 7. The molecule has 0 saturated heterocycles. The van der Waals surface area contributed by atoms with Crippen LogP contribution in [0.15, 0.2) is 88.4 Å². The smallest absolute Gasteiger partial charge is 0.267 e. The highest BCUT2D eigenvalue weighted by molar-refractivity contribution is 9.10. The number of benzene rings is 3. The largest absolute Gasteiger partial charge is 0.271 e. The summed E-state index contributed by atoms with van der Waals surface area (Å²) < 4.78 is 26.7. The van der Waals surface area contributed by atoms with Gasteiger partial charge in [-0.05, 0) is 54.4 Å². The Balaban J connectivity index is 1.70. The van der Waals surface area contributed by atoms with Crippen LogP contribution < -0.4 is 9.73 Å². The Morgan fingerprint density at radius 2 is 1.65 bits per heavy atom. The fraction of sp³-hybridized carbons (Fsp3) is 0.130. The molecule has 1 N–H and O–H groups in total. The number of nitrogens with one attached hydrogen (secondary N) is 1. The first-order valence-electron chi connectivity index (χ1n) is 9.46. The number of carbonyl (C=O) groups is 1. The maximum atomic E-state index is 12.4. The topological polar surface area (TPSA) is 78.8 Å². The van der Waals surface area contributed by atoms with Crippen molar-refractivity contribution >= 4 is 43.3 Å². The number of hydrogen-bond acceptors (Lipinski definition) is 4. The number of hydrazone groups is 1. The second-order valence-electron chi connectivity index (χ2n) is 6.95. The number of nitrogens with zero attached hydrogens (tertiary/aromatic N) is 2. The van der Waals surface area contributed by atoms with Gasteiger partial charge in [0.15, 0.2) is 0 Å². The molecule has 0 heterocycles. The first kappa shape index (κ1) is 22.7. The van der Waals surface area contributed by atoms with Gasteiger partial charge in [-0.1, -0.05) is 58.4 Å². The summed E-state index contributed by atoms with van der Waals surface area (Å²) in [6.45, 7) is 1.99. The van der Waals surface area contributed by atoms with E-state index in [4.69, 9.17) is 0 Å². The number of carbonyl (C=O) groups excluding carboxylic acids is 1. The van der Waals surface area contributed by atoms with E-state index in [1.54, 1.807) is 48.5 Å². The van der Waals surface area contributed by atoms with Crippen molar-refractivity contribution in [3.8, 4) is 0 Å². The summed E-state index contributed by atoms with van der Waals surface area (Å²) in [5.74, 6) is -0.344. The van der Waals surface area contributed by atoms with Gasteiger partial charge in [0.05, 0.1) is 24.2 Å². The Labute approximate surface area is 190 Å². The van der Waals surface area contributed by atoms with Gasteiger partial charge in [0.2, 0.25) is 10.0 Å². The van der Waals surface area contributed by atoms with E-state index in [9.17, 15) is 13.2 Å². The molecule has 160 valence electrons. The molecule has 3 aromatic carbocycles. The third kappa shape index (κ3) is 6.26. The van der Waals surface area contributed by atoms with Crippen LogP contribution in [0, 0.1) is 0 Å². The second kappa shape index (κ2) is 9.89. The molecule has 31 heavy (non-hydrogen) atoms. The fourth-order valence-corrected chi connectivity index (χ4v) is 4.19. The van der Waals surface area contributed by atoms with E-state index in [-0.39, 0.29) is 12.5 Å². The van der Waals surface area contributed by atoms with Gasteiger partial charge < -0.3 is 0 Å². The number of amides is 1. The molecular weight excluding hydrogens is 478 g/mol. The lowest BCUT2D eigenvalue weighted by Gasteiger charge is -2.22. The lowest BCUT2D eigenvalue weighted by Crippen LogP contribution is -2.29. The first-order valence-corrected chi connectivity index (χ1v) is 12.1. The van der Waals surface area contributed by atoms with E-state index in [1.165, 1.54) is 10.6 Å². The lowest BCUT2D eigenvalue weighted by atomic mass is 10.1. The highest BCUT2D eigenvalue weighted by Gasteiger charge is 2.17. The monoisotopic (exact) mass is 499 g/mol. The Kier molecular flexibility index (Phi) is 7.25. The van der Waals surface area contributed by atoms with E-state index in [0.717, 1.165) is 15.6 Å². The Bertz CT molecular complexity index is 1190. The Hall–Kier alpha value is -2.97. The van der Waals surface area contributed by atoms with Crippen LogP contribution in [0.5, 0.6) is 0 Å². The number of para-hydroxylation sites is 1. The molecule has 6 nitrogen and oxygen atoms in total. The van der Waals surface area contributed by atoms with E-state index in [1.807, 2.05) is 37.3 Å². The zero-order chi connectivity index (χ0) is 22.4. The molecule has 3 aromatic rings. The molecule has 8 heteroatoms. The average molecular weight is 500 g/mol. The molecule has 0 aliphatic rings. The summed E-state index contributed by atoms with van der Waals surface area (Å²) in [4.78, 5) is 12.4. The summed E-state index contributed by atoms with van der Waals surface area (Å²) >= 11 is 3.41. The molecule has 0 spiro atoms. The molecule has 0 saturated carbocycles. The molecule has 0 aromatic heterocycles. The van der Waals surface area contributed by atoms with Gasteiger partial charge in [0.25, 0.3) is 5.91 Å². The maximum Gasteiger partial charge on any atom is 0.271 e. The predicted octanol–water partition coefficient (Wildman–Crippen LogP) is 4.57. The molecule has 0 unspecified atom stereocenters. The van der Waals surface area contributed by atoms with Gasteiger partial charge in [0, 0.05) is 10.0 Å². The standard InChI is InChI=1S/C23H22BrN3O3S/c1-17(20-7-6-8-21(24)15-20)25-26-23(28)19-13-11-18(12-14-19)16-27(31(2,29)30)22-9-4-3-5-10-22/h3-15H,16H2,1-2H3,(H,26,28). The molecule has 0 aliphatic heterocycles. The van der Waals surface area contributed by atoms with Crippen molar-refractivity contribution < 1.29 is 13.2 Å². The molecule has 1 amide bonds. The molecule has 0 radical (unpaired) electrons. The number of anilines is 1. The molecule has 0 fully saturated rings. The molecule has 0 aliphatic carbocycles. The minimum absolute atomic E-state index is 0.172. The van der Waals surface area contributed by atoms with Crippen molar-refractivity contribution in [2.24, 2.45) is 5.10 Å². The lowest BCUT2D eigenvalue weighted by molar-refractivity contribution is 0.0955. The van der Waals surface area contributed by atoms with Crippen LogP contribution in [0.2, 0.25) is 0 Å². The number of hydrogen-bond donors (Lipinski definition) is 1. The fourth-order valence-electron chi connectivity index (χ4n) is 2.90. The highest BCUT2D eigenvalue weighted by Crippen LogP contribution is 2.20. The maximum absolute atomic E-state index is 12.4. The number of sulfonamides is 1. The first-order chi connectivity index (χ1) is 14.7. The SMILES string of the molecule is CC(=NNC(=O)c1ccc(CN(c2ccccc2)S(C)(=O)=O)cc1)c1cccc(Br)c1. The normalized spacial score (nSPS) is 11.8. The molecule has 0 bridgehead atoms. The van der Waals surface area contributed by atoms with Crippen molar-refractivity contribution in [2.75, 3.05) is 10.6 Å². The zero-order valence-corrected chi connectivity index (χ0v) is 19.5. The second-order valence-corrected chi connectivity index (χ2v) is 9.77. The minimum atomic E-state index is -3.46.